The van der Waals surface area contributed by atoms with Gasteiger partial charge in [-0.05, 0) is 39.7 Å². The van der Waals surface area contributed by atoms with Gasteiger partial charge in [0, 0.05) is 20.2 Å². The van der Waals surface area contributed by atoms with Crippen molar-refractivity contribution in [2.45, 2.75) is 44.8 Å². The molecule has 1 saturated heterocycles. The second-order valence-corrected chi connectivity index (χ2v) is 6.31. The number of nitrogens with zero attached hydrogens (tertiary/aromatic N) is 1. The van der Waals surface area contributed by atoms with Crippen molar-refractivity contribution < 1.29 is 19.1 Å². The molecule has 0 saturated carbocycles. The molecule has 2 amide bonds. The summed E-state index contributed by atoms with van der Waals surface area (Å²) >= 11 is 0. The van der Waals surface area contributed by atoms with Gasteiger partial charge < -0.3 is 14.8 Å². The normalized spacial score (nSPS) is 22.0. The molecule has 0 bridgehead atoms. The van der Waals surface area contributed by atoms with Crippen LogP contribution in [-0.2, 0) is 14.3 Å². The Morgan fingerprint density at radius 3 is 2.62 bits per heavy atom. The number of hydrogen-bond acceptors (Lipinski definition) is 4. The van der Waals surface area contributed by atoms with Gasteiger partial charge in [0.1, 0.15) is 5.60 Å². The first-order valence-corrected chi connectivity index (χ1v) is 7.14. The van der Waals surface area contributed by atoms with Crippen molar-refractivity contribution in [2.24, 2.45) is 0 Å². The number of ether oxygens (including phenoxy) is 2. The molecule has 1 N–H and O–H groups in total. The summed E-state index contributed by atoms with van der Waals surface area (Å²) < 4.78 is 10.7. The van der Waals surface area contributed by atoms with E-state index in [1.165, 1.54) is 6.08 Å². The van der Waals surface area contributed by atoms with Crippen molar-refractivity contribution >= 4 is 12.0 Å². The van der Waals surface area contributed by atoms with E-state index >= 15 is 0 Å². The Morgan fingerprint density at radius 1 is 1.43 bits per heavy atom. The zero-order valence-electron chi connectivity index (χ0n) is 13.4. The van der Waals surface area contributed by atoms with Gasteiger partial charge in [0.15, 0.2) is 0 Å². The third-order valence-corrected chi connectivity index (χ3v) is 3.40. The van der Waals surface area contributed by atoms with E-state index in [1.54, 1.807) is 12.0 Å². The zero-order chi connectivity index (χ0) is 16.1. The second-order valence-electron chi connectivity index (χ2n) is 6.31. The lowest BCUT2D eigenvalue weighted by Gasteiger charge is -2.38. The van der Waals surface area contributed by atoms with Crippen molar-refractivity contribution in [3.05, 3.63) is 12.7 Å². The number of rotatable bonds is 5. The van der Waals surface area contributed by atoms with Gasteiger partial charge in [-0.15, -0.1) is 0 Å². The highest BCUT2D eigenvalue weighted by Crippen LogP contribution is 2.31. The van der Waals surface area contributed by atoms with Crippen LogP contribution in [0.3, 0.4) is 0 Å². The Bertz CT molecular complexity index is 403. The van der Waals surface area contributed by atoms with Crippen LogP contribution in [-0.4, -0.2) is 54.8 Å². The average molecular weight is 298 g/mol. The van der Waals surface area contributed by atoms with Gasteiger partial charge in [-0.3, -0.25) is 9.69 Å². The molecule has 1 fully saturated rings. The molecule has 1 atom stereocenters. The Kier molecular flexibility index (Phi) is 5.78. The third kappa shape index (κ3) is 4.74. The smallest absolute Gasteiger partial charge is 0.410 e. The summed E-state index contributed by atoms with van der Waals surface area (Å²) in [5, 5.41) is 2.76. The number of carbonyl (C=O) groups excluding carboxylic acids is 2. The summed E-state index contributed by atoms with van der Waals surface area (Å²) in [6, 6.07) is 0. The standard InChI is InChI=1S/C15H26N2O4/c1-6-12(18)16-10-15(11-20-5)8-7-9-17(15)13(19)21-14(2,3)4/h6H,1,7-11H2,2-5H3,(H,16,18). The van der Waals surface area contributed by atoms with E-state index in [-0.39, 0.29) is 12.0 Å². The van der Waals surface area contributed by atoms with E-state index in [0.29, 0.717) is 19.7 Å². The van der Waals surface area contributed by atoms with E-state index in [2.05, 4.69) is 11.9 Å². The average Bonchev–Trinajstić information content (AvgIpc) is 2.78. The summed E-state index contributed by atoms with van der Waals surface area (Å²) in [5.41, 5.74) is -1.11. The van der Waals surface area contributed by atoms with Gasteiger partial charge in [0.25, 0.3) is 0 Å². The van der Waals surface area contributed by atoms with Crippen LogP contribution in [0.15, 0.2) is 12.7 Å². The molecular weight excluding hydrogens is 272 g/mol. The summed E-state index contributed by atoms with van der Waals surface area (Å²) in [4.78, 5) is 25.5. The van der Waals surface area contributed by atoms with Crippen molar-refractivity contribution in [2.75, 3.05) is 26.8 Å². The summed E-state index contributed by atoms with van der Waals surface area (Å²) in [5.74, 6) is -0.262. The molecule has 0 aliphatic carbocycles. The maximum Gasteiger partial charge on any atom is 0.410 e. The molecule has 1 aliphatic heterocycles. The number of likely N-dealkylation sites (tertiary alicyclic amines) is 1. The third-order valence-electron chi connectivity index (χ3n) is 3.40. The van der Waals surface area contributed by atoms with Gasteiger partial charge in [0.2, 0.25) is 5.91 Å². The molecule has 6 nitrogen and oxygen atoms in total. The van der Waals surface area contributed by atoms with Gasteiger partial charge in [0.05, 0.1) is 12.1 Å². The van der Waals surface area contributed by atoms with Crippen LogP contribution in [0, 0.1) is 0 Å². The zero-order valence-corrected chi connectivity index (χ0v) is 13.4. The highest BCUT2D eigenvalue weighted by Gasteiger charge is 2.45. The van der Waals surface area contributed by atoms with Crippen molar-refractivity contribution in [1.82, 2.24) is 10.2 Å². The molecule has 0 radical (unpaired) electrons. The van der Waals surface area contributed by atoms with Gasteiger partial charge in [-0.1, -0.05) is 6.58 Å². The van der Waals surface area contributed by atoms with Crippen LogP contribution in [0.25, 0.3) is 0 Å². The summed E-state index contributed by atoms with van der Waals surface area (Å²) in [6.45, 7) is 10.2. The molecule has 0 aromatic rings. The maximum absolute atomic E-state index is 12.4. The Hall–Kier alpha value is -1.56. The topological polar surface area (TPSA) is 67.9 Å². The number of amides is 2. The minimum absolute atomic E-state index is 0.262. The van der Waals surface area contributed by atoms with E-state index in [1.807, 2.05) is 20.8 Å². The van der Waals surface area contributed by atoms with E-state index in [4.69, 9.17) is 9.47 Å². The molecule has 1 aliphatic rings. The monoisotopic (exact) mass is 298 g/mol. The van der Waals surface area contributed by atoms with E-state index < -0.39 is 11.1 Å². The van der Waals surface area contributed by atoms with Crippen LogP contribution in [0.1, 0.15) is 33.6 Å². The van der Waals surface area contributed by atoms with E-state index in [9.17, 15) is 9.59 Å². The van der Waals surface area contributed by atoms with Crippen molar-refractivity contribution in [3.8, 4) is 0 Å². The Balaban J connectivity index is 2.86. The highest BCUT2D eigenvalue weighted by atomic mass is 16.6. The fourth-order valence-corrected chi connectivity index (χ4v) is 2.52. The first kappa shape index (κ1) is 17.5. The molecular formula is C15H26N2O4. The Morgan fingerprint density at radius 2 is 2.10 bits per heavy atom. The fraction of sp³-hybridized carbons (Fsp3) is 0.733. The SMILES string of the molecule is C=CC(=O)NCC1(COC)CCCN1C(=O)OC(C)(C)C. The number of hydrogen-bond donors (Lipinski definition) is 1. The second kappa shape index (κ2) is 6.93. The fourth-order valence-electron chi connectivity index (χ4n) is 2.52. The molecule has 0 spiro atoms. The Labute approximate surface area is 126 Å². The maximum atomic E-state index is 12.4. The molecule has 21 heavy (non-hydrogen) atoms. The van der Waals surface area contributed by atoms with Crippen molar-refractivity contribution in [3.63, 3.8) is 0 Å². The van der Waals surface area contributed by atoms with Crippen LogP contribution in [0.2, 0.25) is 0 Å². The molecule has 0 aromatic heterocycles. The molecule has 1 unspecified atom stereocenters. The lowest BCUT2D eigenvalue weighted by molar-refractivity contribution is -0.117. The molecule has 1 rings (SSSR count). The predicted molar refractivity (Wildman–Crippen MR) is 80.0 cm³/mol. The van der Waals surface area contributed by atoms with Crippen LogP contribution in [0.4, 0.5) is 4.79 Å². The largest absolute Gasteiger partial charge is 0.444 e. The van der Waals surface area contributed by atoms with Crippen molar-refractivity contribution in [1.29, 1.82) is 0 Å². The summed E-state index contributed by atoms with van der Waals surface area (Å²) in [6.07, 6.45) is 2.46. The van der Waals surface area contributed by atoms with Crippen LogP contribution >= 0.6 is 0 Å². The first-order valence-electron chi connectivity index (χ1n) is 7.14. The van der Waals surface area contributed by atoms with Crippen LogP contribution < -0.4 is 5.32 Å². The molecule has 0 aromatic carbocycles. The van der Waals surface area contributed by atoms with Crippen LogP contribution in [0.5, 0.6) is 0 Å². The van der Waals surface area contributed by atoms with Gasteiger partial charge in [-0.2, -0.15) is 0 Å². The number of nitrogens with one attached hydrogen (secondary N) is 1. The van der Waals surface area contributed by atoms with Gasteiger partial charge >= 0.3 is 6.09 Å². The van der Waals surface area contributed by atoms with Gasteiger partial charge in [-0.25, -0.2) is 4.79 Å². The summed E-state index contributed by atoms with van der Waals surface area (Å²) in [7, 11) is 1.59. The predicted octanol–water partition coefficient (Wildman–Crippen LogP) is 1.70. The lowest BCUT2D eigenvalue weighted by atomic mass is 9.97. The number of methoxy groups -OCH3 is 1. The number of carbonyl (C=O) groups is 2. The molecule has 120 valence electrons. The highest BCUT2D eigenvalue weighted by molar-refractivity contribution is 5.87. The minimum atomic E-state index is -0.560. The molecule has 1 heterocycles. The first-order chi connectivity index (χ1) is 9.74. The molecule has 6 heteroatoms. The quantitative estimate of drug-likeness (QED) is 0.785. The van der Waals surface area contributed by atoms with E-state index in [0.717, 1.165) is 12.8 Å². The minimum Gasteiger partial charge on any atom is -0.444 e. The lowest BCUT2D eigenvalue weighted by Crippen LogP contribution is -2.57.